The van der Waals surface area contributed by atoms with E-state index in [9.17, 15) is 9.59 Å². The minimum absolute atomic E-state index is 0.0499. The molecule has 0 radical (unpaired) electrons. The summed E-state index contributed by atoms with van der Waals surface area (Å²) in [6.45, 7) is 4.02. The van der Waals surface area contributed by atoms with Crippen molar-refractivity contribution in [3.05, 3.63) is 44.4 Å². The minimum atomic E-state index is -0.426. The lowest BCUT2D eigenvalue weighted by molar-refractivity contribution is 0.0598. The highest BCUT2D eigenvalue weighted by Gasteiger charge is 2.25. The number of esters is 1. The number of ether oxygens (including phenoxy) is 1. The Balaban J connectivity index is 1.75. The number of thiophene rings is 1. The molecule has 0 atom stereocenters. The van der Waals surface area contributed by atoms with Gasteiger partial charge in [0.2, 0.25) is 0 Å². The third-order valence-electron chi connectivity index (χ3n) is 5.38. The van der Waals surface area contributed by atoms with Crippen molar-refractivity contribution in [1.82, 2.24) is 9.55 Å². The number of aromatic nitrogens is 2. The zero-order valence-corrected chi connectivity index (χ0v) is 17.7. The van der Waals surface area contributed by atoms with Gasteiger partial charge in [-0.2, -0.15) is 0 Å². The first-order valence-electron chi connectivity index (χ1n) is 9.31. The molecule has 3 aromatic heterocycles. The van der Waals surface area contributed by atoms with Crippen molar-refractivity contribution >= 4 is 39.3 Å². The zero-order chi connectivity index (χ0) is 19.8. The fourth-order valence-electron chi connectivity index (χ4n) is 3.75. The monoisotopic (exact) mass is 418 g/mol. The average Bonchev–Trinajstić information content (AvgIpc) is 3.41. The second-order valence-electron chi connectivity index (χ2n) is 7.01. The Bertz CT molecular complexity index is 1090. The lowest BCUT2D eigenvalue weighted by Gasteiger charge is -2.18. The fraction of sp³-hybridized carbons (Fsp3) is 0.450. The highest BCUT2D eigenvalue weighted by molar-refractivity contribution is 7.98. The van der Waals surface area contributed by atoms with E-state index in [0.717, 1.165) is 46.3 Å². The van der Waals surface area contributed by atoms with Gasteiger partial charge in [0.15, 0.2) is 5.16 Å². The van der Waals surface area contributed by atoms with Crippen molar-refractivity contribution < 1.29 is 13.9 Å². The number of rotatable bonds is 5. The quantitative estimate of drug-likeness (QED) is 0.335. The Kier molecular flexibility index (Phi) is 5.33. The summed E-state index contributed by atoms with van der Waals surface area (Å²) in [5.74, 6) is 0.513. The molecule has 1 aliphatic carbocycles. The molecular formula is C20H22N2O4S2. The number of aryl methyl sites for hydroxylation is 2. The Morgan fingerprint density at radius 1 is 1.39 bits per heavy atom. The van der Waals surface area contributed by atoms with Gasteiger partial charge in [0, 0.05) is 10.9 Å². The van der Waals surface area contributed by atoms with Crippen LogP contribution in [0.2, 0.25) is 0 Å². The molecule has 0 bridgehead atoms. The van der Waals surface area contributed by atoms with Crippen LogP contribution < -0.4 is 5.56 Å². The summed E-state index contributed by atoms with van der Waals surface area (Å²) in [5.41, 5.74) is 1.49. The van der Waals surface area contributed by atoms with E-state index >= 15 is 0 Å². The van der Waals surface area contributed by atoms with Crippen LogP contribution >= 0.6 is 23.1 Å². The first-order chi connectivity index (χ1) is 13.5. The summed E-state index contributed by atoms with van der Waals surface area (Å²) >= 11 is 2.99. The van der Waals surface area contributed by atoms with E-state index < -0.39 is 5.97 Å². The topological polar surface area (TPSA) is 74.3 Å². The Labute approximate surface area is 170 Å². The number of methoxy groups -OCH3 is 1. The lowest BCUT2D eigenvalue weighted by atomic mass is 10.2. The number of fused-ring (bicyclic) bond motifs is 1. The van der Waals surface area contributed by atoms with Crippen LogP contribution in [-0.4, -0.2) is 22.6 Å². The molecule has 1 fully saturated rings. The Hall–Kier alpha value is -2.06. The third-order valence-corrected chi connectivity index (χ3v) is 7.43. The molecule has 28 heavy (non-hydrogen) atoms. The molecule has 3 heterocycles. The van der Waals surface area contributed by atoms with Crippen molar-refractivity contribution in [2.24, 2.45) is 0 Å². The molecule has 0 aromatic carbocycles. The van der Waals surface area contributed by atoms with Crippen molar-refractivity contribution in [2.45, 2.75) is 56.5 Å². The van der Waals surface area contributed by atoms with Gasteiger partial charge in [-0.25, -0.2) is 9.78 Å². The van der Waals surface area contributed by atoms with Gasteiger partial charge in [-0.15, -0.1) is 11.3 Å². The van der Waals surface area contributed by atoms with Crippen LogP contribution in [0.5, 0.6) is 0 Å². The normalized spacial score (nSPS) is 14.8. The van der Waals surface area contributed by atoms with E-state index in [1.807, 2.05) is 18.4 Å². The minimum Gasteiger partial charge on any atom is -0.468 e. The summed E-state index contributed by atoms with van der Waals surface area (Å²) in [6, 6.07) is 1.79. The van der Waals surface area contributed by atoms with E-state index in [4.69, 9.17) is 14.1 Å². The molecule has 0 N–H and O–H groups in total. The van der Waals surface area contributed by atoms with Crippen molar-refractivity contribution in [3.8, 4) is 0 Å². The van der Waals surface area contributed by atoms with Crippen LogP contribution in [0.25, 0.3) is 10.2 Å². The maximum Gasteiger partial charge on any atom is 0.341 e. The molecule has 6 nitrogen and oxygen atoms in total. The second-order valence-corrected chi connectivity index (χ2v) is 9.15. The van der Waals surface area contributed by atoms with Gasteiger partial charge in [-0.3, -0.25) is 9.36 Å². The first-order valence-corrected chi connectivity index (χ1v) is 11.1. The SMILES string of the molecule is COC(=O)c1ccoc1CSc1nc2sc(C)c(C)c2c(=O)n1C1CCCC1. The van der Waals surface area contributed by atoms with Crippen molar-refractivity contribution in [2.75, 3.05) is 7.11 Å². The lowest BCUT2D eigenvalue weighted by Crippen LogP contribution is -2.26. The molecule has 4 rings (SSSR count). The molecule has 3 aromatic rings. The smallest absolute Gasteiger partial charge is 0.341 e. The summed E-state index contributed by atoms with van der Waals surface area (Å²) in [4.78, 5) is 32.0. The van der Waals surface area contributed by atoms with Gasteiger partial charge in [0.1, 0.15) is 16.2 Å². The molecule has 0 aliphatic heterocycles. The first kappa shape index (κ1) is 19.3. The predicted octanol–water partition coefficient (Wildman–Crippen LogP) is 4.86. The third kappa shape index (κ3) is 3.28. The second kappa shape index (κ2) is 7.75. The number of nitrogens with zero attached hydrogens (tertiary/aromatic N) is 2. The summed E-state index contributed by atoms with van der Waals surface area (Å²) in [5, 5.41) is 1.44. The number of carbonyl (C=O) groups excluding carboxylic acids is 1. The number of hydrogen-bond donors (Lipinski definition) is 0. The molecule has 0 saturated heterocycles. The van der Waals surface area contributed by atoms with Crippen LogP contribution in [0.3, 0.4) is 0 Å². The zero-order valence-electron chi connectivity index (χ0n) is 16.1. The van der Waals surface area contributed by atoms with Gasteiger partial charge in [0.05, 0.1) is 24.5 Å². The maximum atomic E-state index is 13.4. The molecule has 1 aliphatic rings. The van der Waals surface area contributed by atoms with E-state index in [2.05, 4.69) is 0 Å². The van der Waals surface area contributed by atoms with Gasteiger partial charge >= 0.3 is 5.97 Å². The van der Waals surface area contributed by atoms with E-state index in [-0.39, 0.29) is 11.6 Å². The van der Waals surface area contributed by atoms with Crippen LogP contribution in [0.1, 0.15) is 58.3 Å². The molecule has 0 unspecified atom stereocenters. The van der Waals surface area contributed by atoms with Gasteiger partial charge in [-0.1, -0.05) is 24.6 Å². The van der Waals surface area contributed by atoms with E-state index in [1.165, 1.54) is 25.1 Å². The van der Waals surface area contributed by atoms with Crippen LogP contribution in [-0.2, 0) is 10.5 Å². The Morgan fingerprint density at radius 2 is 2.14 bits per heavy atom. The number of furan rings is 1. The number of carbonyl (C=O) groups is 1. The largest absolute Gasteiger partial charge is 0.468 e. The van der Waals surface area contributed by atoms with E-state index in [1.54, 1.807) is 17.4 Å². The van der Waals surface area contributed by atoms with Crippen molar-refractivity contribution in [1.29, 1.82) is 0 Å². The predicted molar refractivity (Wildman–Crippen MR) is 110 cm³/mol. The van der Waals surface area contributed by atoms with Crippen molar-refractivity contribution in [3.63, 3.8) is 0 Å². The molecular weight excluding hydrogens is 396 g/mol. The highest BCUT2D eigenvalue weighted by Crippen LogP contribution is 2.35. The van der Waals surface area contributed by atoms with Gasteiger partial charge in [0.25, 0.3) is 5.56 Å². The molecule has 148 valence electrons. The number of thioether (sulfide) groups is 1. The van der Waals surface area contributed by atoms with Gasteiger partial charge in [-0.05, 0) is 38.3 Å². The fourth-order valence-corrected chi connectivity index (χ4v) is 5.84. The van der Waals surface area contributed by atoms with Gasteiger partial charge < -0.3 is 9.15 Å². The van der Waals surface area contributed by atoms with Crippen LogP contribution in [0.15, 0.2) is 26.7 Å². The summed E-state index contributed by atoms with van der Waals surface area (Å²) in [7, 11) is 1.35. The molecule has 8 heteroatoms. The Morgan fingerprint density at radius 3 is 2.86 bits per heavy atom. The number of hydrogen-bond acceptors (Lipinski definition) is 7. The highest BCUT2D eigenvalue weighted by atomic mass is 32.2. The molecule has 0 amide bonds. The summed E-state index contributed by atoms with van der Waals surface area (Å²) < 4.78 is 12.2. The van der Waals surface area contributed by atoms with E-state index in [0.29, 0.717) is 22.2 Å². The summed E-state index contributed by atoms with van der Waals surface area (Å²) in [6.07, 6.45) is 5.74. The van der Waals surface area contributed by atoms with Crippen LogP contribution in [0.4, 0.5) is 0 Å². The molecule has 1 saturated carbocycles. The molecule has 0 spiro atoms. The standard InChI is InChI=1S/C20H22N2O4S2/c1-11-12(2)28-17-16(11)18(23)22(13-6-4-5-7-13)20(21-17)27-10-15-14(8-9-26-15)19(24)25-3/h8-9,13H,4-7,10H2,1-3H3. The van der Waals surface area contributed by atoms with Crippen LogP contribution in [0, 0.1) is 13.8 Å². The maximum absolute atomic E-state index is 13.4. The average molecular weight is 419 g/mol.